The Balaban J connectivity index is 2.11. The summed E-state index contributed by atoms with van der Waals surface area (Å²) >= 11 is 0. The minimum atomic E-state index is -0.385. The molecule has 2 heterocycles. The lowest BCUT2D eigenvalue weighted by molar-refractivity contribution is 0.934. The highest BCUT2D eigenvalue weighted by Crippen LogP contribution is 2.29. The van der Waals surface area contributed by atoms with Crippen molar-refractivity contribution in [2.75, 3.05) is 0 Å². The van der Waals surface area contributed by atoms with Crippen molar-refractivity contribution in [2.24, 2.45) is 0 Å². The topological polar surface area (TPSA) is 63.1 Å². The Morgan fingerprint density at radius 3 is 2.18 bits per heavy atom. The van der Waals surface area contributed by atoms with Crippen LogP contribution in [0.5, 0.6) is 0 Å². The van der Waals surface area contributed by atoms with Crippen LogP contribution in [0.1, 0.15) is 0 Å². The van der Waals surface area contributed by atoms with Crippen molar-refractivity contribution >= 4 is 5.65 Å². The van der Waals surface area contributed by atoms with Gasteiger partial charge in [-0.05, 0) is 0 Å². The van der Waals surface area contributed by atoms with Crippen LogP contribution in [-0.2, 0) is 0 Å². The fourth-order valence-electron chi connectivity index (χ4n) is 2.55. The maximum absolute atomic E-state index is 11.6. The SMILES string of the molecule is O=c1nc2cnc(-c3ccccc3)c(-c3ccccc3)n2[nH]1. The highest BCUT2D eigenvalue weighted by Gasteiger charge is 2.14. The molecule has 0 radical (unpaired) electrons. The number of rotatable bonds is 2. The molecule has 2 aromatic carbocycles. The van der Waals surface area contributed by atoms with Crippen molar-refractivity contribution in [1.29, 1.82) is 0 Å². The molecule has 0 aliphatic carbocycles. The molecule has 106 valence electrons. The first kappa shape index (κ1) is 12.5. The minimum Gasteiger partial charge on any atom is -0.250 e. The Kier molecular flexibility index (Phi) is 2.83. The summed E-state index contributed by atoms with van der Waals surface area (Å²) in [6, 6.07) is 19.7. The molecule has 22 heavy (non-hydrogen) atoms. The molecule has 4 rings (SSSR count). The van der Waals surface area contributed by atoms with E-state index in [1.54, 1.807) is 10.7 Å². The summed E-state index contributed by atoms with van der Waals surface area (Å²) in [5.41, 5.74) is 3.69. The molecule has 2 aromatic heterocycles. The van der Waals surface area contributed by atoms with Crippen LogP contribution in [0.2, 0.25) is 0 Å². The van der Waals surface area contributed by atoms with Crippen LogP contribution in [0.3, 0.4) is 0 Å². The largest absolute Gasteiger partial charge is 0.362 e. The van der Waals surface area contributed by atoms with E-state index in [9.17, 15) is 4.79 Å². The zero-order valence-electron chi connectivity index (χ0n) is 11.6. The Hall–Kier alpha value is -3.21. The van der Waals surface area contributed by atoms with Gasteiger partial charge in [-0.25, -0.2) is 14.4 Å². The number of aromatic nitrogens is 4. The molecule has 5 nitrogen and oxygen atoms in total. The van der Waals surface area contributed by atoms with Gasteiger partial charge in [0, 0.05) is 11.1 Å². The molecule has 4 aromatic rings. The second kappa shape index (κ2) is 4.96. The Bertz CT molecular complexity index is 988. The number of fused-ring (bicyclic) bond motifs is 1. The van der Waals surface area contributed by atoms with Crippen molar-refractivity contribution in [3.63, 3.8) is 0 Å². The fourth-order valence-corrected chi connectivity index (χ4v) is 2.55. The smallest absolute Gasteiger partial charge is 0.250 e. The average Bonchev–Trinajstić information content (AvgIpc) is 2.95. The van der Waals surface area contributed by atoms with E-state index in [4.69, 9.17) is 0 Å². The third kappa shape index (κ3) is 2.00. The van der Waals surface area contributed by atoms with E-state index in [-0.39, 0.29) is 5.69 Å². The van der Waals surface area contributed by atoms with Crippen LogP contribution in [0.25, 0.3) is 28.2 Å². The van der Waals surface area contributed by atoms with Gasteiger partial charge in [-0.3, -0.25) is 4.98 Å². The van der Waals surface area contributed by atoms with Crippen molar-refractivity contribution in [3.05, 3.63) is 77.3 Å². The van der Waals surface area contributed by atoms with Gasteiger partial charge in [-0.15, -0.1) is 0 Å². The van der Waals surface area contributed by atoms with Gasteiger partial charge in [0.05, 0.1) is 17.6 Å². The highest BCUT2D eigenvalue weighted by molar-refractivity contribution is 5.79. The third-order valence-corrected chi connectivity index (χ3v) is 3.50. The summed E-state index contributed by atoms with van der Waals surface area (Å²) in [6.45, 7) is 0. The van der Waals surface area contributed by atoms with Gasteiger partial charge in [-0.1, -0.05) is 60.7 Å². The number of nitrogens with one attached hydrogen (secondary N) is 1. The standard InChI is InChI=1S/C17H12N4O/c22-17-19-14-11-18-15(12-7-3-1-4-8-12)16(21(14)20-17)13-9-5-2-6-10-13/h1-11H,(H,20,22). The first-order valence-electron chi connectivity index (χ1n) is 6.91. The van der Waals surface area contributed by atoms with Crippen LogP contribution in [0.4, 0.5) is 0 Å². The van der Waals surface area contributed by atoms with Gasteiger partial charge in [0.15, 0.2) is 5.65 Å². The lowest BCUT2D eigenvalue weighted by atomic mass is 10.0. The molecule has 0 amide bonds. The molecule has 0 aliphatic rings. The summed E-state index contributed by atoms with van der Waals surface area (Å²) in [6.07, 6.45) is 1.60. The number of benzene rings is 2. The zero-order valence-corrected chi connectivity index (χ0v) is 11.6. The second-order valence-corrected chi connectivity index (χ2v) is 4.91. The summed E-state index contributed by atoms with van der Waals surface area (Å²) in [5, 5.41) is 2.75. The Morgan fingerprint density at radius 2 is 1.50 bits per heavy atom. The quantitative estimate of drug-likeness (QED) is 0.617. The molecule has 0 saturated carbocycles. The first-order valence-corrected chi connectivity index (χ1v) is 6.91. The van der Waals surface area contributed by atoms with Gasteiger partial charge in [0.25, 0.3) is 0 Å². The van der Waals surface area contributed by atoms with E-state index in [0.717, 1.165) is 22.5 Å². The number of H-pyrrole nitrogens is 1. The maximum Gasteiger partial charge on any atom is 0.362 e. The lowest BCUT2D eigenvalue weighted by Gasteiger charge is -2.11. The van der Waals surface area contributed by atoms with Gasteiger partial charge in [0.2, 0.25) is 0 Å². The van der Waals surface area contributed by atoms with Crippen LogP contribution in [0.15, 0.2) is 71.7 Å². The van der Waals surface area contributed by atoms with Crippen LogP contribution < -0.4 is 5.69 Å². The van der Waals surface area contributed by atoms with Gasteiger partial charge in [-0.2, -0.15) is 4.98 Å². The molecule has 0 saturated heterocycles. The monoisotopic (exact) mass is 288 g/mol. The predicted octanol–water partition coefficient (Wildman–Crippen LogP) is 2.75. The highest BCUT2D eigenvalue weighted by atomic mass is 16.1. The Labute approximate surface area is 125 Å². The van der Waals surface area contributed by atoms with E-state index >= 15 is 0 Å². The first-order chi connectivity index (χ1) is 10.8. The normalized spacial score (nSPS) is 10.9. The van der Waals surface area contributed by atoms with Crippen molar-refractivity contribution < 1.29 is 0 Å². The minimum absolute atomic E-state index is 0.385. The van der Waals surface area contributed by atoms with Crippen LogP contribution in [0, 0.1) is 0 Å². The van der Waals surface area contributed by atoms with Gasteiger partial charge < -0.3 is 0 Å². The van der Waals surface area contributed by atoms with Crippen molar-refractivity contribution in [3.8, 4) is 22.5 Å². The second-order valence-electron chi connectivity index (χ2n) is 4.91. The molecule has 1 N–H and O–H groups in total. The van der Waals surface area contributed by atoms with E-state index in [1.807, 2.05) is 60.7 Å². The molecule has 0 unspecified atom stereocenters. The predicted molar refractivity (Wildman–Crippen MR) is 84.5 cm³/mol. The summed E-state index contributed by atoms with van der Waals surface area (Å²) in [4.78, 5) is 20.1. The maximum atomic E-state index is 11.6. The lowest BCUT2D eigenvalue weighted by Crippen LogP contribution is -2.04. The van der Waals surface area contributed by atoms with E-state index in [1.165, 1.54) is 0 Å². The number of nitrogens with zero attached hydrogens (tertiary/aromatic N) is 3. The molecule has 0 spiro atoms. The molecule has 0 aliphatic heterocycles. The van der Waals surface area contributed by atoms with Crippen LogP contribution >= 0.6 is 0 Å². The summed E-state index contributed by atoms with van der Waals surface area (Å²) < 4.78 is 1.69. The van der Waals surface area contributed by atoms with E-state index in [0.29, 0.717) is 5.65 Å². The summed E-state index contributed by atoms with van der Waals surface area (Å²) in [5.74, 6) is 0. The number of hydrogen-bond donors (Lipinski definition) is 1. The molecule has 0 bridgehead atoms. The zero-order chi connectivity index (χ0) is 14.9. The summed E-state index contributed by atoms with van der Waals surface area (Å²) in [7, 11) is 0. The van der Waals surface area contributed by atoms with Gasteiger partial charge in [0.1, 0.15) is 0 Å². The van der Waals surface area contributed by atoms with E-state index < -0.39 is 0 Å². The number of hydrogen-bond acceptors (Lipinski definition) is 3. The Morgan fingerprint density at radius 1 is 0.864 bits per heavy atom. The van der Waals surface area contributed by atoms with Crippen LogP contribution in [-0.4, -0.2) is 19.6 Å². The molecule has 0 atom stereocenters. The third-order valence-electron chi connectivity index (χ3n) is 3.50. The molecule has 0 fully saturated rings. The van der Waals surface area contributed by atoms with Crippen molar-refractivity contribution in [2.45, 2.75) is 0 Å². The van der Waals surface area contributed by atoms with E-state index in [2.05, 4.69) is 15.1 Å². The van der Waals surface area contributed by atoms with Crippen molar-refractivity contribution in [1.82, 2.24) is 19.6 Å². The molecular weight excluding hydrogens is 276 g/mol. The average molecular weight is 288 g/mol. The molecular formula is C17H12N4O. The molecule has 5 heteroatoms. The van der Waals surface area contributed by atoms with Gasteiger partial charge >= 0.3 is 5.69 Å². The number of aromatic amines is 1. The fraction of sp³-hybridized carbons (Fsp3) is 0.